The molecule has 8 heteroatoms. The number of para-hydroxylation sites is 1. The Hall–Kier alpha value is -2.62. The molecule has 152 valence electrons. The van der Waals surface area contributed by atoms with Gasteiger partial charge in [-0.15, -0.1) is 34.2 Å². The second-order valence-corrected chi connectivity index (χ2v) is 6.65. The van der Waals surface area contributed by atoms with E-state index in [0.717, 1.165) is 36.8 Å². The number of aryl methyl sites for hydroxylation is 1. The van der Waals surface area contributed by atoms with E-state index in [0.29, 0.717) is 6.54 Å². The van der Waals surface area contributed by atoms with Crippen LogP contribution >= 0.6 is 24.0 Å². The Balaban J connectivity index is 0.00000240. The van der Waals surface area contributed by atoms with Crippen LogP contribution in [-0.2, 0) is 19.4 Å². The zero-order valence-corrected chi connectivity index (χ0v) is 19.0. The van der Waals surface area contributed by atoms with Crippen molar-refractivity contribution in [2.45, 2.75) is 26.3 Å². The topological polar surface area (TPSA) is 82.4 Å². The molecule has 0 aliphatic rings. The molecule has 3 aromatic heterocycles. The third-order valence-corrected chi connectivity index (χ3v) is 4.98. The molecule has 0 aliphatic heterocycles. The molecule has 0 amide bonds. The molecule has 0 aliphatic carbocycles. The van der Waals surface area contributed by atoms with Crippen molar-refractivity contribution < 1.29 is 0 Å². The lowest BCUT2D eigenvalue weighted by Crippen LogP contribution is -2.38. The average Bonchev–Trinajstić information content (AvgIpc) is 3.34. The van der Waals surface area contributed by atoms with Gasteiger partial charge in [-0.1, -0.05) is 31.2 Å². The van der Waals surface area contributed by atoms with E-state index < -0.39 is 0 Å². The summed E-state index contributed by atoms with van der Waals surface area (Å²) in [5.41, 5.74) is 4.76. The Morgan fingerprint density at radius 1 is 1.10 bits per heavy atom. The first-order valence-corrected chi connectivity index (χ1v) is 9.61. The van der Waals surface area contributed by atoms with Crippen molar-refractivity contribution >= 4 is 46.5 Å². The number of aromatic nitrogens is 4. The minimum absolute atomic E-state index is 0. The molecule has 0 fully saturated rings. The minimum atomic E-state index is 0. The van der Waals surface area contributed by atoms with Gasteiger partial charge in [0.05, 0.1) is 6.54 Å². The molecule has 0 saturated heterocycles. The zero-order valence-electron chi connectivity index (χ0n) is 16.6. The number of pyridine rings is 1. The molecule has 4 rings (SSSR count). The number of aromatic amines is 1. The number of hydrogen-bond donors (Lipinski definition) is 3. The Bertz CT molecular complexity index is 1110. The molecule has 1 aromatic carbocycles. The normalized spacial score (nSPS) is 11.6. The van der Waals surface area contributed by atoms with Gasteiger partial charge in [0.1, 0.15) is 0 Å². The van der Waals surface area contributed by atoms with Crippen molar-refractivity contribution in [3.8, 4) is 0 Å². The van der Waals surface area contributed by atoms with Gasteiger partial charge in [-0.05, 0) is 36.1 Å². The van der Waals surface area contributed by atoms with Crippen molar-refractivity contribution in [2.75, 3.05) is 13.6 Å². The number of benzene rings is 1. The van der Waals surface area contributed by atoms with Gasteiger partial charge in [-0.25, -0.2) is 0 Å². The van der Waals surface area contributed by atoms with E-state index in [2.05, 4.69) is 62.1 Å². The monoisotopic (exact) mass is 503 g/mol. The van der Waals surface area contributed by atoms with Crippen LogP contribution in [0.2, 0.25) is 0 Å². The van der Waals surface area contributed by atoms with Gasteiger partial charge in [0.25, 0.3) is 0 Å². The predicted octanol–water partition coefficient (Wildman–Crippen LogP) is 3.30. The van der Waals surface area contributed by atoms with E-state index >= 15 is 0 Å². The summed E-state index contributed by atoms with van der Waals surface area (Å²) >= 11 is 0. The Morgan fingerprint density at radius 3 is 2.83 bits per heavy atom. The number of nitrogens with one attached hydrogen (secondary N) is 3. The van der Waals surface area contributed by atoms with E-state index in [1.807, 2.05) is 28.8 Å². The Kier molecular flexibility index (Phi) is 7.08. The highest BCUT2D eigenvalue weighted by molar-refractivity contribution is 14.0. The summed E-state index contributed by atoms with van der Waals surface area (Å²) in [6.45, 7) is 3.53. The molecule has 0 spiro atoms. The zero-order chi connectivity index (χ0) is 19.3. The molecule has 0 bridgehead atoms. The number of halogens is 1. The first kappa shape index (κ1) is 21.1. The number of rotatable bonds is 6. The van der Waals surface area contributed by atoms with Gasteiger partial charge in [0, 0.05) is 36.9 Å². The fourth-order valence-electron chi connectivity index (χ4n) is 3.49. The smallest absolute Gasteiger partial charge is 0.191 e. The van der Waals surface area contributed by atoms with Crippen LogP contribution in [0, 0.1) is 0 Å². The van der Waals surface area contributed by atoms with Crippen LogP contribution in [0.5, 0.6) is 0 Å². The summed E-state index contributed by atoms with van der Waals surface area (Å²) < 4.78 is 1.97. The van der Waals surface area contributed by atoms with Gasteiger partial charge in [0.2, 0.25) is 0 Å². The van der Waals surface area contributed by atoms with Gasteiger partial charge >= 0.3 is 0 Å². The molecule has 0 atom stereocenters. The van der Waals surface area contributed by atoms with E-state index in [4.69, 9.17) is 0 Å². The van der Waals surface area contributed by atoms with Crippen LogP contribution in [0.4, 0.5) is 0 Å². The highest BCUT2D eigenvalue weighted by Crippen LogP contribution is 2.22. The predicted molar refractivity (Wildman–Crippen MR) is 128 cm³/mol. The highest BCUT2D eigenvalue weighted by Gasteiger charge is 2.08. The van der Waals surface area contributed by atoms with Crippen LogP contribution in [0.3, 0.4) is 0 Å². The van der Waals surface area contributed by atoms with Crippen LogP contribution in [0.25, 0.3) is 16.6 Å². The SMILES string of the molecule is CCc1cccc2c(CCNC(=NC)NCc3nnc4ccccn34)c[nH]c12.I. The maximum Gasteiger partial charge on any atom is 0.191 e. The first-order valence-electron chi connectivity index (χ1n) is 9.61. The van der Waals surface area contributed by atoms with Crippen LogP contribution in [-0.4, -0.2) is 39.1 Å². The van der Waals surface area contributed by atoms with Crippen molar-refractivity contribution in [3.05, 3.63) is 65.7 Å². The summed E-state index contributed by atoms with van der Waals surface area (Å²) in [7, 11) is 1.77. The molecule has 4 aromatic rings. The lowest BCUT2D eigenvalue weighted by Gasteiger charge is -2.11. The quantitative estimate of drug-likeness (QED) is 0.214. The Morgan fingerprint density at radius 2 is 2.00 bits per heavy atom. The maximum absolute atomic E-state index is 4.31. The van der Waals surface area contributed by atoms with Crippen molar-refractivity contribution in [1.29, 1.82) is 0 Å². The largest absolute Gasteiger partial charge is 0.361 e. The average molecular weight is 503 g/mol. The van der Waals surface area contributed by atoms with E-state index in [-0.39, 0.29) is 24.0 Å². The lowest BCUT2D eigenvalue weighted by molar-refractivity contribution is 0.758. The third-order valence-electron chi connectivity index (χ3n) is 4.98. The minimum Gasteiger partial charge on any atom is -0.361 e. The van der Waals surface area contributed by atoms with Crippen LogP contribution in [0.15, 0.2) is 53.8 Å². The summed E-state index contributed by atoms with van der Waals surface area (Å²) in [6.07, 6.45) is 6.03. The van der Waals surface area contributed by atoms with Crippen molar-refractivity contribution in [2.24, 2.45) is 4.99 Å². The van der Waals surface area contributed by atoms with Crippen molar-refractivity contribution in [3.63, 3.8) is 0 Å². The second-order valence-electron chi connectivity index (χ2n) is 6.65. The van der Waals surface area contributed by atoms with Gasteiger partial charge in [-0.2, -0.15) is 0 Å². The lowest BCUT2D eigenvalue weighted by atomic mass is 10.1. The molecule has 3 N–H and O–H groups in total. The van der Waals surface area contributed by atoms with E-state index in [1.165, 1.54) is 22.0 Å². The first-order chi connectivity index (χ1) is 13.8. The van der Waals surface area contributed by atoms with Gasteiger partial charge < -0.3 is 15.6 Å². The number of aliphatic imine (C=N–C) groups is 1. The van der Waals surface area contributed by atoms with Crippen molar-refractivity contribution in [1.82, 2.24) is 30.2 Å². The summed E-state index contributed by atoms with van der Waals surface area (Å²) in [5, 5.41) is 16.4. The number of guanidine groups is 1. The Labute approximate surface area is 187 Å². The molecular weight excluding hydrogens is 477 g/mol. The number of nitrogens with zero attached hydrogens (tertiary/aromatic N) is 4. The molecule has 3 heterocycles. The van der Waals surface area contributed by atoms with Gasteiger partial charge in [0.15, 0.2) is 17.4 Å². The van der Waals surface area contributed by atoms with E-state index in [1.54, 1.807) is 7.05 Å². The summed E-state index contributed by atoms with van der Waals surface area (Å²) in [4.78, 5) is 7.73. The molecule has 0 radical (unpaired) electrons. The number of hydrogen-bond acceptors (Lipinski definition) is 3. The summed E-state index contributed by atoms with van der Waals surface area (Å²) in [5.74, 6) is 1.60. The number of fused-ring (bicyclic) bond motifs is 2. The van der Waals surface area contributed by atoms with Gasteiger partial charge in [-0.3, -0.25) is 9.39 Å². The van der Waals surface area contributed by atoms with Crippen LogP contribution < -0.4 is 10.6 Å². The molecule has 0 unspecified atom stereocenters. The standard InChI is InChI=1S/C21H25N7.HI/c1-3-15-7-6-8-17-16(13-24-20(15)17)10-11-23-21(22-2)25-14-19-27-26-18-9-4-5-12-28(18)19;/h4-9,12-13,24H,3,10-11,14H2,1-2H3,(H2,22,23,25);1H. The highest BCUT2D eigenvalue weighted by atomic mass is 127. The maximum atomic E-state index is 4.31. The molecule has 0 saturated carbocycles. The van der Waals surface area contributed by atoms with Crippen LogP contribution in [0.1, 0.15) is 23.9 Å². The third kappa shape index (κ3) is 4.52. The van der Waals surface area contributed by atoms with E-state index in [9.17, 15) is 0 Å². The summed E-state index contributed by atoms with van der Waals surface area (Å²) in [6, 6.07) is 12.4. The molecule has 7 nitrogen and oxygen atoms in total. The fraction of sp³-hybridized carbons (Fsp3) is 0.286. The second kappa shape index (κ2) is 9.73. The number of H-pyrrole nitrogens is 1. The molecular formula is C21H26IN7. The fourth-order valence-corrected chi connectivity index (χ4v) is 3.49. The molecule has 29 heavy (non-hydrogen) atoms.